The van der Waals surface area contributed by atoms with Crippen LogP contribution in [0.2, 0.25) is 0 Å². The second-order valence-electron chi connectivity index (χ2n) is 6.17. The zero-order valence-corrected chi connectivity index (χ0v) is 16.3. The van der Waals surface area contributed by atoms with E-state index in [1.165, 1.54) is 0 Å². The number of hydrogen-bond donors (Lipinski definition) is 2. The maximum absolute atomic E-state index is 12.5. The number of anilines is 1. The quantitative estimate of drug-likeness (QED) is 0.682. The number of carbonyl (C=O) groups excluding carboxylic acids is 1. The summed E-state index contributed by atoms with van der Waals surface area (Å²) in [7, 11) is 3.11. The van der Waals surface area contributed by atoms with Gasteiger partial charge >= 0.3 is 6.03 Å². The molecule has 0 spiro atoms. The predicted octanol–water partition coefficient (Wildman–Crippen LogP) is 3.48. The van der Waals surface area contributed by atoms with Gasteiger partial charge in [0, 0.05) is 23.5 Å². The van der Waals surface area contributed by atoms with E-state index in [0.29, 0.717) is 17.2 Å². The molecule has 1 atom stereocenters. The molecule has 2 N–H and O–H groups in total. The molecule has 1 unspecified atom stereocenters. The van der Waals surface area contributed by atoms with Crippen LogP contribution in [0.15, 0.2) is 48.8 Å². The molecule has 1 aromatic carbocycles. The molecule has 8 heteroatoms. The highest BCUT2D eigenvalue weighted by atomic mass is 16.5. The fourth-order valence-corrected chi connectivity index (χ4v) is 2.90. The molecule has 0 fully saturated rings. The molecule has 0 bridgehead atoms. The number of carbonyl (C=O) groups is 1. The number of nitrogens with zero attached hydrogens (tertiary/aromatic N) is 3. The van der Waals surface area contributed by atoms with Gasteiger partial charge in [0.15, 0.2) is 5.82 Å². The van der Waals surface area contributed by atoms with Gasteiger partial charge in [-0.2, -0.15) is 5.10 Å². The molecule has 0 radical (unpaired) electrons. The number of benzene rings is 1. The zero-order valence-electron chi connectivity index (χ0n) is 16.3. The van der Waals surface area contributed by atoms with Crippen LogP contribution in [0.5, 0.6) is 11.5 Å². The summed E-state index contributed by atoms with van der Waals surface area (Å²) in [6.07, 6.45) is 3.45. The third-order valence-corrected chi connectivity index (χ3v) is 4.38. The summed E-state index contributed by atoms with van der Waals surface area (Å²) in [5.41, 5.74) is 2.33. The first kappa shape index (κ1) is 19.2. The summed E-state index contributed by atoms with van der Waals surface area (Å²) in [5, 5.41) is 10.1. The SMILES string of the molecule is COc1ccc(OC)c(NC(=O)NC(C)c2cnn(-c3ccccn3)c2C)c1. The van der Waals surface area contributed by atoms with E-state index in [0.717, 1.165) is 17.1 Å². The molecule has 2 aromatic heterocycles. The van der Waals surface area contributed by atoms with Crippen LogP contribution < -0.4 is 20.1 Å². The number of amides is 2. The molecular weight excluding hydrogens is 358 g/mol. The van der Waals surface area contributed by atoms with Crippen LogP contribution in [-0.2, 0) is 0 Å². The summed E-state index contributed by atoms with van der Waals surface area (Å²) < 4.78 is 12.2. The molecule has 146 valence electrons. The number of ether oxygens (including phenoxy) is 2. The number of aromatic nitrogens is 3. The summed E-state index contributed by atoms with van der Waals surface area (Å²) in [6, 6.07) is 10.2. The van der Waals surface area contributed by atoms with Crippen LogP contribution in [-0.4, -0.2) is 35.0 Å². The lowest BCUT2D eigenvalue weighted by Gasteiger charge is -2.16. The minimum Gasteiger partial charge on any atom is -0.497 e. The van der Waals surface area contributed by atoms with E-state index in [2.05, 4.69) is 20.7 Å². The van der Waals surface area contributed by atoms with Crippen LogP contribution in [0, 0.1) is 6.92 Å². The molecule has 3 aromatic rings. The van der Waals surface area contributed by atoms with E-state index < -0.39 is 0 Å². The Hall–Kier alpha value is -3.55. The van der Waals surface area contributed by atoms with Gasteiger partial charge in [0.1, 0.15) is 11.5 Å². The summed E-state index contributed by atoms with van der Waals surface area (Å²) in [4.78, 5) is 16.8. The van der Waals surface area contributed by atoms with Crippen LogP contribution in [0.4, 0.5) is 10.5 Å². The smallest absolute Gasteiger partial charge is 0.319 e. The molecular formula is C20H23N5O3. The normalized spacial score (nSPS) is 11.6. The fourth-order valence-electron chi connectivity index (χ4n) is 2.90. The van der Waals surface area contributed by atoms with E-state index >= 15 is 0 Å². The summed E-state index contributed by atoms with van der Waals surface area (Å²) in [5.74, 6) is 1.89. The first-order chi connectivity index (χ1) is 13.5. The third-order valence-electron chi connectivity index (χ3n) is 4.38. The molecule has 0 aliphatic heterocycles. The summed E-state index contributed by atoms with van der Waals surface area (Å²) in [6.45, 7) is 3.84. The van der Waals surface area contributed by atoms with Crippen molar-refractivity contribution in [2.75, 3.05) is 19.5 Å². The van der Waals surface area contributed by atoms with E-state index in [1.807, 2.05) is 32.0 Å². The lowest BCUT2D eigenvalue weighted by molar-refractivity contribution is 0.249. The Morgan fingerprint density at radius 3 is 2.68 bits per heavy atom. The number of methoxy groups -OCH3 is 2. The van der Waals surface area contributed by atoms with Gasteiger partial charge in [-0.3, -0.25) is 0 Å². The molecule has 0 saturated carbocycles. The minimum atomic E-state index is -0.357. The lowest BCUT2D eigenvalue weighted by Crippen LogP contribution is -2.31. The number of urea groups is 1. The van der Waals surface area contributed by atoms with Crippen LogP contribution in [0.3, 0.4) is 0 Å². The van der Waals surface area contributed by atoms with Gasteiger partial charge < -0.3 is 20.1 Å². The van der Waals surface area contributed by atoms with Crippen molar-refractivity contribution in [3.8, 4) is 17.3 Å². The average molecular weight is 381 g/mol. The topological polar surface area (TPSA) is 90.3 Å². The number of hydrogen-bond acceptors (Lipinski definition) is 5. The maximum atomic E-state index is 12.5. The Balaban J connectivity index is 1.73. The predicted molar refractivity (Wildman–Crippen MR) is 106 cm³/mol. The van der Waals surface area contributed by atoms with Crippen LogP contribution >= 0.6 is 0 Å². The van der Waals surface area contributed by atoms with Crippen LogP contribution in [0.1, 0.15) is 24.2 Å². The summed E-state index contributed by atoms with van der Waals surface area (Å²) >= 11 is 0. The second-order valence-corrected chi connectivity index (χ2v) is 6.17. The maximum Gasteiger partial charge on any atom is 0.319 e. The van der Waals surface area contributed by atoms with Gasteiger partial charge in [-0.25, -0.2) is 14.5 Å². The van der Waals surface area contributed by atoms with Gasteiger partial charge in [0.2, 0.25) is 0 Å². The standard InChI is InChI=1S/C20H23N5O3/c1-13(16-12-22-25(14(16)2)19-7-5-6-10-21-19)23-20(26)24-17-11-15(27-3)8-9-18(17)28-4/h5-13H,1-4H3,(H2,23,24,26). The Morgan fingerprint density at radius 2 is 2.00 bits per heavy atom. The molecule has 28 heavy (non-hydrogen) atoms. The van der Waals surface area contributed by atoms with E-state index in [9.17, 15) is 4.79 Å². The van der Waals surface area contributed by atoms with Gasteiger partial charge in [-0.15, -0.1) is 0 Å². The van der Waals surface area contributed by atoms with Crippen molar-refractivity contribution in [1.29, 1.82) is 0 Å². The number of pyridine rings is 1. The fraction of sp³-hybridized carbons (Fsp3) is 0.250. The number of nitrogens with one attached hydrogen (secondary N) is 2. The molecule has 2 heterocycles. The van der Waals surface area contributed by atoms with Crippen molar-refractivity contribution in [2.45, 2.75) is 19.9 Å². The van der Waals surface area contributed by atoms with Gasteiger partial charge in [-0.1, -0.05) is 6.07 Å². The molecule has 0 saturated heterocycles. The van der Waals surface area contributed by atoms with E-state index in [1.54, 1.807) is 49.5 Å². The largest absolute Gasteiger partial charge is 0.497 e. The Morgan fingerprint density at radius 1 is 1.18 bits per heavy atom. The highest BCUT2D eigenvalue weighted by Crippen LogP contribution is 2.29. The average Bonchev–Trinajstić information content (AvgIpc) is 3.10. The van der Waals surface area contributed by atoms with Gasteiger partial charge in [0.25, 0.3) is 0 Å². The molecule has 3 rings (SSSR count). The monoisotopic (exact) mass is 381 g/mol. The highest BCUT2D eigenvalue weighted by Gasteiger charge is 2.17. The van der Waals surface area contributed by atoms with Crippen molar-refractivity contribution < 1.29 is 14.3 Å². The third kappa shape index (κ3) is 4.06. The van der Waals surface area contributed by atoms with Gasteiger partial charge in [-0.05, 0) is 38.1 Å². The van der Waals surface area contributed by atoms with Crippen molar-refractivity contribution in [3.05, 3.63) is 60.0 Å². The van der Waals surface area contributed by atoms with Crippen LogP contribution in [0.25, 0.3) is 5.82 Å². The van der Waals surface area contributed by atoms with Gasteiger partial charge in [0.05, 0.1) is 32.1 Å². The second kappa shape index (κ2) is 8.43. The van der Waals surface area contributed by atoms with E-state index in [-0.39, 0.29) is 12.1 Å². The molecule has 0 aliphatic rings. The van der Waals surface area contributed by atoms with Crippen molar-refractivity contribution in [1.82, 2.24) is 20.1 Å². The van der Waals surface area contributed by atoms with Crippen molar-refractivity contribution in [3.63, 3.8) is 0 Å². The zero-order chi connectivity index (χ0) is 20.1. The molecule has 2 amide bonds. The lowest BCUT2D eigenvalue weighted by atomic mass is 10.1. The Labute approximate surface area is 163 Å². The molecule has 8 nitrogen and oxygen atoms in total. The highest BCUT2D eigenvalue weighted by molar-refractivity contribution is 5.91. The first-order valence-corrected chi connectivity index (χ1v) is 8.79. The molecule has 0 aliphatic carbocycles. The van der Waals surface area contributed by atoms with E-state index in [4.69, 9.17) is 9.47 Å². The first-order valence-electron chi connectivity index (χ1n) is 8.79. The van der Waals surface area contributed by atoms with Crippen molar-refractivity contribution >= 4 is 11.7 Å². The Kier molecular flexibility index (Phi) is 5.78. The number of rotatable bonds is 6. The van der Waals surface area contributed by atoms with Crippen molar-refractivity contribution in [2.24, 2.45) is 0 Å². The minimum absolute atomic E-state index is 0.255. The Bertz CT molecular complexity index is 956.